The summed E-state index contributed by atoms with van der Waals surface area (Å²) < 4.78 is 10.6. The van der Waals surface area contributed by atoms with Crippen LogP contribution in [-0.2, 0) is 0 Å². The van der Waals surface area contributed by atoms with E-state index in [2.05, 4.69) is 20.8 Å². The number of anilines is 3. The van der Waals surface area contributed by atoms with Crippen molar-refractivity contribution < 1.29 is 14.3 Å². The van der Waals surface area contributed by atoms with Crippen molar-refractivity contribution in [3.63, 3.8) is 0 Å². The van der Waals surface area contributed by atoms with Gasteiger partial charge in [-0.3, -0.25) is 4.79 Å². The van der Waals surface area contributed by atoms with E-state index in [0.29, 0.717) is 28.0 Å². The van der Waals surface area contributed by atoms with E-state index in [1.807, 2.05) is 31.2 Å². The van der Waals surface area contributed by atoms with Crippen molar-refractivity contribution in [2.75, 3.05) is 24.9 Å². The minimum Gasteiger partial charge on any atom is -0.495 e. The highest BCUT2D eigenvalue weighted by molar-refractivity contribution is 6.31. The van der Waals surface area contributed by atoms with Crippen LogP contribution in [0.4, 0.5) is 17.2 Å². The Balaban J connectivity index is 1.75. The molecule has 0 aliphatic heterocycles. The molecule has 3 rings (SSSR count). The molecule has 0 saturated heterocycles. The molecule has 7 nitrogen and oxygen atoms in total. The maximum absolute atomic E-state index is 12.5. The number of benzene rings is 2. The van der Waals surface area contributed by atoms with Crippen LogP contribution in [0.3, 0.4) is 0 Å². The third-order valence-corrected chi connectivity index (χ3v) is 4.40. The quantitative estimate of drug-likeness (QED) is 0.638. The highest BCUT2D eigenvalue weighted by Gasteiger charge is 2.14. The number of halogens is 1. The molecule has 1 heterocycles. The summed E-state index contributed by atoms with van der Waals surface area (Å²) in [6.45, 7) is 1.84. The van der Waals surface area contributed by atoms with Gasteiger partial charge in [-0.2, -0.15) is 0 Å². The normalized spacial score (nSPS) is 10.3. The number of carbonyl (C=O) groups excluding carboxylic acids is 1. The van der Waals surface area contributed by atoms with Crippen LogP contribution in [-0.4, -0.2) is 30.3 Å². The second-order valence-electron chi connectivity index (χ2n) is 5.88. The molecule has 0 bridgehead atoms. The van der Waals surface area contributed by atoms with Gasteiger partial charge in [-0.05, 0) is 42.8 Å². The Morgan fingerprint density at radius 1 is 0.964 bits per heavy atom. The van der Waals surface area contributed by atoms with E-state index in [1.165, 1.54) is 7.11 Å². The van der Waals surface area contributed by atoms with Crippen LogP contribution < -0.4 is 20.1 Å². The minimum absolute atomic E-state index is 0.167. The first-order chi connectivity index (χ1) is 13.5. The molecule has 2 N–H and O–H groups in total. The molecule has 1 aromatic heterocycles. The molecule has 0 unspecified atom stereocenters. The predicted molar refractivity (Wildman–Crippen MR) is 109 cm³/mol. The van der Waals surface area contributed by atoms with Gasteiger partial charge in [0.2, 0.25) is 0 Å². The minimum atomic E-state index is -0.406. The van der Waals surface area contributed by atoms with E-state index in [9.17, 15) is 4.79 Å². The van der Waals surface area contributed by atoms with Crippen molar-refractivity contribution in [3.05, 3.63) is 64.8 Å². The zero-order valence-electron chi connectivity index (χ0n) is 15.6. The molecule has 0 atom stereocenters. The summed E-state index contributed by atoms with van der Waals surface area (Å²) in [5.74, 6) is 1.22. The lowest BCUT2D eigenvalue weighted by Gasteiger charge is -2.12. The second kappa shape index (κ2) is 8.58. The van der Waals surface area contributed by atoms with Crippen molar-refractivity contribution in [3.8, 4) is 11.5 Å². The summed E-state index contributed by atoms with van der Waals surface area (Å²) in [7, 11) is 3.10. The molecule has 3 aromatic rings. The van der Waals surface area contributed by atoms with Gasteiger partial charge in [0.05, 0.1) is 25.6 Å². The Hall–Kier alpha value is -3.32. The van der Waals surface area contributed by atoms with Gasteiger partial charge in [-0.25, -0.2) is 0 Å². The van der Waals surface area contributed by atoms with Gasteiger partial charge in [0.15, 0.2) is 11.5 Å². The molecular formula is C20H19ClN4O3. The first-order valence-electron chi connectivity index (χ1n) is 8.41. The fourth-order valence-electron chi connectivity index (χ4n) is 2.52. The topological polar surface area (TPSA) is 85.4 Å². The number of nitrogens with zero attached hydrogens (tertiary/aromatic N) is 2. The lowest BCUT2D eigenvalue weighted by molar-refractivity contribution is 0.102. The average molecular weight is 399 g/mol. The van der Waals surface area contributed by atoms with Crippen LogP contribution in [0.25, 0.3) is 0 Å². The zero-order chi connectivity index (χ0) is 20.1. The molecule has 0 spiro atoms. The Morgan fingerprint density at radius 2 is 1.71 bits per heavy atom. The summed E-state index contributed by atoms with van der Waals surface area (Å²) in [4.78, 5) is 12.5. The number of aromatic nitrogens is 2. The first kappa shape index (κ1) is 19.4. The van der Waals surface area contributed by atoms with E-state index in [-0.39, 0.29) is 5.69 Å². The van der Waals surface area contributed by atoms with Crippen molar-refractivity contribution >= 4 is 34.7 Å². The van der Waals surface area contributed by atoms with Gasteiger partial charge in [-0.15, -0.1) is 10.2 Å². The van der Waals surface area contributed by atoms with Gasteiger partial charge in [0.1, 0.15) is 11.5 Å². The molecule has 0 aliphatic rings. The third-order valence-electron chi connectivity index (χ3n) is 4.00. The summed E-state index contributed by atoms with van der Waals surface area (Å²) in [5.41, 5.74) is 2.24. The van der Waals surface area contributed by atoms with Crippen molar-refractivity contribution in [1.82, 2.24) is 10.2 Å². The molecule has 1 amide bonds. The molecule has 144 valence electrons. The number of methoxy groups -OCH3 is 2. The molecule has 0 fully saturated rings. The van der Waals surface area contributed by atoms with Crippen molar-refractivity contribution in [1.29, 1.82) is 0 Å². The number of hydrogen-bond donors (Lipinski definition) is 2. The predicted octanol–water partition coefficient (Wildman–Crippen LogP) is 4.45. The SMILES string of the molecule is COc1cc(Cl)c(C)cc1NC(=O)c1ccc(Nc2ccccc2OC)nn1. The summed E-state index contributed by atoms with van der Waals surface area (Å²) in [6.07, 6.45) is 0. The van der Waals surface area contributed by atoms with Crippen LogP contribution >= 0.6 is 11.6 Å². The molecule has 0 saturated carbocycles. The Labute approximate surface area is 167 Å². The molecule has 8 heteroatoms. The van der Waals surface area contributed by atoms with Crippen molar-refractivity contribution in [2.24, 2.45) is 0 Å². The Morgan fingerprint density at radius 3 is 2.39 bits per heavy atom. The highest BCUT2D eigenvalue weighted by Crippen LogP contribution is 2.31. The smallest absolute Gasteiger partial charge is 0.276 e. The van der Waals surface area contributed by atoms with Crippen LogP contribution in [0, 0.1) is 6.92 Å². The fraction of sp³-hybridized carbons (Fsp3) is 0.150. The first-order valence-corrected chi connectivity index (χ1v) is 8.79. The number of amides is 1. The number of nitrogens with one attached hydrogen (secondary N) is 2. The van der Waals surface area contributed by atoms with Crippen LogP contribution in [0.5, 0.6) is 11.5 Å². The highest BCUT2D eigenvalue weighted by atomic mass is 35.5. The number of para-hydroxylation sites is 2. The van der Waals surface area contributed by atoms with E-state index >= 15 is 0 Å². The lowest BCUT2D eigenvalue weighted by atomic mass is 10.2. The van der Waals surface area contributed by atoms with Crippen LogP contribution in [0.15, 0.2) is 48.5 Å². The molecule has 0 aliphatic carbocycles. The molecule has 0 radical (unpaired) electrons. The maximum Gasteiger partial charge on any atom is 0.276 e. The maximum atomic E-state index is 12.5. The van der Waals surface area contributed by atoms with E-state index < -0.39 is 5.91 Å². The summed E-state index contributed by atoms with van der Waals surface area (Å²) in [5, 5.41) is 14.5. The molecular weight excluding hydrogens is 380 g/mol. The van der Waals surface area contributed by atoms with Gasteiger partial charge in [-0.1, -0.05) is 23.7 Å². The van der Waals surface area contributed by atoms with Gasteiger partial charge in [0.25, 0.3) is 5.91 Å². The van der Waals surface area contributed by atoms with Gasteiger partial charge < -0.3 is 20.1 Å². The summed E-state index contributed by atoms with van der Waals surface area (Å²) in [6, 6.07) is 14.1. The lowest BCUT2D eigenvalue weighted by Crippen LogP contribution is -2.15. The monoisotopic (exact) mass is 398 g/mol. The number of ether oxygens (including phenoxy) is 2. The Bertz CT molecular complexity index is 993. The number of rotatable bonds is 6. The molecule has 28 heavy (non-hydrogen) atoms. The second-order valence-corrected chi connectivity index (χ2v) is 6.29. The Kier molecular flexibility index (Phi) is 5.96. The summed E-state index contributed by atoms with van der Waals surface area (Å²) >= 11 is 6.09. The van der Waals surface area contributed by atoms with E-state index in [1.54, 1.807) is 31.4 Å². The van der Waals surface area contributed by atoms with Crippen molar-refractivity contribution in [2.45, 2.75) is 6.92 Å². The van der Waals surface area contributed by atoms with Gasteiger partial charge in [0, 0.05) is 11.1 Å². The number of aryl methyl sites for hydroxylation is 1. The number of hydrogen-bond acceptors (Lipinski definition) is 6. The largest absolute Gasteiger partial charge is 0.495 e. The molecule has 2 aromatic carbocycles. The zero-order valence-corrected chi connectivity index (χ0v) is 16.4. The standard InChI is InChI=1S/C20H19ClN4O3/c1-12-10-16(18(28-3)11-13(12)21)23-20(26)15-8-9-19(25-24-15)22-14-6-4-5-7-17(14)27-2/h4-11H,1-3H3,(H,22,25)(H,23,26). The average Bonchev–Trinajstić information content (AvgIpc) is 2.71. The third kappa shape index (κ3) is 4.32. The fourth-order valence-corrected chi connectivity index (χ4v) is 2.68. The van der Waals surface area contributed by atoms with E-state index in [0.717, 1.165) is 11.3 Å². The van der Waals surface area contributed by atoms with E-state index in [4.69, 9.17) is 21.1 Å². The van der Waals surface area contributed by atoms with Gasteiger partial charge >= 0.3 is 0 Å². The van der Waals surface area contributed by atoms with Crippen LogP contribution in [0.2, 0.25) is 5.02 Å². The number of carbonyl (C=O) groups is 1. The van der Waals surface area contributed by atoms with Crippen LogP contribution in [0.1, 0.15) is 16.1 Å².